The van der Waals surface area contributed by atoms with Gasteiger partial charge in [-0.15, -0.1) is 0 Å². The molecule has 3 aromatic rings. The van der Waals surface area contributed by atoms with E-state index in [0.717, 1.165) is 45.0 Å². The van der Waals surface area contributed by atoms with Gasteiger partial charge in [0.1, 0.15) is 0 Å². The third-order valence-electron chi connectivity index (χ3n) is 4.62. The van der Waals surface area contributed by atoms with E-state index in [2.05, 4.69) is 56.7 Å². The minimum absolute atomic E-state index is 0.968. The molecule has 122 valence electrons. The Hall–Kier alpha value is -2.55. The normalized spacial score (nSPS) is 10.9. The van der Waals surface area contributed by atoms with E-state index in [9.17, 15) is 0 Å². The van der Waals surface area contributed by atoms with Crippen LogP contribution in [-0.2, 0) is 0 Å². The fourth-order valence-electron chi connectivity index (χ4n) is 3.00. The van der Waals surface area contributed by atoms with Crippen molar-refractivity contribution < 1.29 is 0 Å². The molecule has 0 fully saturated rings. The SMILES string of the molecule is Cc1cnc(C)c(-c2cc(C)c(-c3nccc(C)c3C)nc2C)c1. The van der Waals surface area contributed by atoms with Crippen molar-refractivity contribution in [3.05, 3.63) is 64.2 Å². The number of aromatic nitrogens is 3. The highest BCUT2D eigenvalue weighted by atomic mass is 14.8. The van der Waals surface area contributed by atoms with Crippen molar-refractivity contribution in [1.82, 2.24) is 15.0 Å². The van der Waals surface area contributed by atoms with Gasteiger partial charge in [-0.3, -0.25) is 15.0 Å². The van der Waals surface area contributed by atoms with E-state index in [1.54, 1.807) is 0 Å². The van der Waals surface area contributed by atoms with Gasteiger partial charge in [0.2, 0.25) is 0 Å². The summed E-state index contributed by atoms with van der Waals surface area (Å²) in [6.45, 7) is 12.5. The van der Waals surface area contributed by atoms with Crippen LogP contribution in [0.25, 0.3) is 22.5 Å². The largest absolute Gasteiger partial charge is 0.261 e. The van der Waals surface area contributed by atoms with E-state index in [1.165, 1.54) is 11.1 Å². The van der Waals surface area contributed by atoms with Gasteiger partial charge >= 0.3 is 0 Å². The number of aryl methyl sites for hydroxylation is 5. The van der Waals surface area contributed by atoms with Gasteiger partial charge in [-0.1, -0.05) is 0 Å². The van der Waals surface area contributed by atoms with Gasteiger partial charge in [0.15, 0.2) is 0 Å². The summed E-state index contributed by atoms with van der Waals surface area (Å²) in [7, 11) is 0. The molecule has 0 spiro atoms. The van der Waals surface area contributed by atoms with Gasteiger partial charge in [0.25, 0.3) is 0 Å². The number of hydrogen-bond acceptors (Lipinski definition) is 3. The third-order valence-corrected chi connectivity index (χ3v) is 4.62. The predicted molar refractivity (Wildman–Crippen MR) is 99.1 cm³/mol. The minimum atomic E-state index is 0.968. The van der Waals surface area contributed by atoms with E-state index in [-0.39, 0.29) is 0 Å². The average Bonchev–Trinajstić information content (AvgIpc) is 2.54. The first-order valence-electron chi connectivity index (χ1n) is 8.23. The fraction of sp³-hybridized carbons (Fsp3) is 0.286. The highest BCUT2D eigenvalue weighted by Gasteiger charge is 2.15. The van der Waals surface area contributed by atoms with Crippen molar-refractivity contribution in [3.8, 4) is 22.5 Å². The van der Waals surface area contributed by atoms with Crippen molar-refractivity contribution in [2.24, 2.45) is 0 Å². The van der Waals surface area contributed by atoms with Crippen LogP contribution in [-0.4, -0.2) is 15.0 Å². The van der Waals surface area contributed by atoms with E-state index in [0.29, 0.717) is 0 Å². The molecule has 3 heteroatoms. The summed E-state index contributed by atoms with van der Waals surface area (Å²) in [6, 6.07) is 6.43. The zero-order chi connectivity index (χ0) is 17.4. The molecule has 0 aromatic carbocycles. The highest BCUT2D eigenvalue weighted by Crippen LogP contribution is 2.31. The van der Waals surface area contributed by atoms with Gasteiger partial charge in [0.05, 0.1) is 11.4 Å². The highest BCUT2D eigenvalue weighted by molar-refractivity contribution is 5.73. The van der Waals surface area contributed by atoms with E-state index in [4.69, 9.17) is 4.98 Å². The molecule has 0 atom stereocenters. The molecule has 0 saturated carbocycles. The van der Waals surface area contributed by atoms with Gasteiger partial charge in [0, 0.05) is 34.9 Å². The van der Waals surface area contributed by atoms with Gasteiger partial charge in [-0.25, -0.2) is 0 Å². The molecule has 0 aliphatic rings. The second kappa shape index (κ2) is 6.16. The second-order valence-electron chi connectivity index (χ2n) is 6.53. The lowest BCUT2D eigenvalue weighted by atomic mass is 9.97. The van der Waals surface area contributed by atoms with Crippen LogP contribution in [0.2, 0.25) is 0 Å². The standard InChI is InChI=1S/C21H23N3/c1-12-9-18(16(5)23-11-12)19-10-14(3)20(24-17(19)6)21-15(4)13(2)7-8-22-21/h7-11H,1-6H3. The Kier molecular flexibility index (Phi) is 4.18. The molecule has 3 nitrogen and oxygen atoms in total. The Morgan fingerprint density at radius 2 is 1.42 bits per heavy atom. The summed E-state index contributed by atoms with van der Waals surface area (Å²) < 4.78 is 0. The maximum absolute atomic E-state index is 4.90. The Labute approximate surface area is 143 Å². The fourth-order valence-corrected chi connectivity index (χ4v) is 3.00. The molecular weight excluding hydrogens is 294 g/mol. The number of hydrogen-bond donors (Lipinski definition) is 0. The van der Waals surface area contributed by atoms with Gasteiger partial charge in [-0.2, -0.15) is 0 Å². The Morgan fingerprint density at radius 3 is 2.17 bits per heavy atom. The molecule has 3 rings (SSSR count). The van der Waals surface area contributed by atoms with Gasteiger partial charge in [-0.05, 0) is 82.0 Å². The van der Waals surface area contributed by atoms with Crippen molar-refractivity contribution in [2.75, 3.05) is 0 Å². The maximum Gasteiger partial charge on any atom is 0.0921 e. The lowest BCUT2D eigenvalue weighted by molar-refractivity contribution is 1.12. The topological polar surface area (TPSA) is 38.7 Å². The Morgan fingerprint density at radius 1 is 0.708 bits per heavy atom. The van der Waals surface area contributed by atoms with Crippen molar-refractivity contribution in [1.29, 1.82) is 0 Å². The molecule has 0 aliphatic heterocycles. The van der Waals surface area contributed by atoms with Crippen molar-refractivity contribution in [2.45, 2.75) is 41.5 Å². The molecule has 24 heavy (non-hydrogen) atoms. The lowest BCUT2D eigenvalue weighted by Gasteiger charge is -2.15. The molecule has 0 unspecified atom stereocenters. The molecule has 0 saturated heterocycles. The van der Waals surface area contributed by atoms with Crippen LogP contribution >= 0.6 is 0 Å². The van der Waals surface area contributed by atoms with Crippen LogP contribution in [0.3, 0.4) is 0 Å². The van der Waals surface area contributed by atoms with Crippen LogP contribution in [0.1, 0.15) is 33.6 Å². The molecule has 0 aliphatic carbocycles. The van der Waals surface area contributed by atoms with Crippen LogP contribution in [0.15, 0.2) is 30.6 Å². The first-order chi connectivity index (χ1) is 11.4. The Bertz CT molecular complexity index is 899. The van der Waals surface area contributed by atoms with Crippen LogP contribution < -0.4 is 0 Å². The number of pyridine rings is 3. The number of rotatable bonds is 2. The molecule has 0 radical (unpaired) electrons. The Balaban J connectivity index is 2.20. The molecule has 3 aromatic heterocycles. The molecular formula is C21H23N3. The molecule has 0 bridgehead atoms. The molecule has 0 amide bonds. The van der Waals surface area contributed by atoms with Crippen LogP contribution in [0, 0.1) is 41.5 Å². The van der Waals surface area contributed by atoms with Gasteiger partial charge < -0.3 is 0 Å². The smallest absolute Gasteiger partial charge is 0.0921 e. The maximum atomic E-state index is 4.90. The summed E-state index contributed by atoms with van der Waals surface area (Å²) in [6.07, 6.45) is 3.76. The van der Waals surface area contributed by atoms with Crippen molar-refractivity contribution in [3.63, 3.8) is 0 Å². The van der Waals surface area contributed by atoms with Crippen LogP contribution in [0.4, 0.5) is 0 Å². The molecule has 3 heterocycles. The predicted octanol–water partition coefficient (Wildman–Crippen LogP) is 5.06. The lowest BCUT2D eigenvalue weighted by Crippen LogP contribution is -2.00. The van der Waals surface area contributed by atoms with Crippen LogP contribution in [0.5, 0.6) is 0 Å². The summed E-state index contributed by atoms with van der Waals surface area (Å²) in [5.74, 6) is 0. The van der Waals surface area contributed by atoms with E-state index in [1.807, 2.05) is 25.4 Å². The van der Waals surface area contributed by atoms with E-state index >= 15 is 0 Å². The van der Waals surface area contributed by atoms with Crippen molar-refractivity contribution >= 4 is 0 Å². The zero-order valence-corrected chi connectivity index (χ0v) is 15.2. The first-order valence-corrected chi connectivity index (χ1v) is 8.23. The third kappa shape index (κ3) is 2.82. The minimum Gasteiger partial charge on any atom is -0.261 e. The first kappa shape index (κ1) is 16.3. The number of nitrogens with zero attached hydrogens (tertiary/aromatic N) is 3. The summed E-state index contributed by atoms with van der Waals surface area (Å²) >= 11 is 0. The average molecular weight is 317 g/mol. The second-order valence-corrected chi connectivity index (χ2v) is 6.53. The quantitative estimate of drug-likeness (QED) is 0.663. The molecule has 0 N–H and O–H groups in total. The zero-order valence-electron chi connectivity index (χ0n) is 15.2. The monoisotopic (exact) mass is 317 g/mol. The summed E-state index contributed by atoms with van der Waals surface area (Å²) in [5, 5.41) is 0. The van der Waals surface area contributed by atoms with E-state index < -0.39 is 0 Å². The summed E-state index contributed by atoms with van der Waals surface area (Å²) in [5.41, 5.74) is 11.0. The summed E-state index contributed by atoms with van der Waals surface area (Å²) in [4.78, 5) is 14.0.